The molecule has 2 rings (SSSR count). The summed E-state index contributed by atoms with van der Waals surface area (Å²) in [6.45, 7) is 1.14. The fraction of sp³-hybridized carbons (Fsp3) is 0.167. The first-order chi connectivity index (χ1) is 9.25. The summed E-state index contributed by atoms with van der Waals surface area (Å²) >= 11 is 0. The lowest BCUT2D eigenvalue weighted by molar-refractivity contribution is -0.136. The number of aromatic hydroxyl groups is 1. The van der Waals surface area contributed by atoms with Crippen molar-refractivity contribution in [2.45, 2.75) is 13.3 Å². The number of aliphatic carboxylic acids is 1. The van der Waals surface area contributed by atoms with Crippen molar-refractivity contribution in [2.24, 2.45) is 0 Å². The molecule has 0 aliphatic heterocycles. The molecular weight excluding hydrogens is 281 g/mol. The Morgan fingerprint density at radius 3 is 2.35 bits per heavy atom. The lowest BCUT2D eigenvalue weighted by Gasteiger charge is -2.09. The van der Waals surface area contributed by atoms with E-state index in [9.17, 15) is 22.8 Å². The maximum Gasteiger partial charge on any atom is 0.340 e. The predicted octanol–water partition coefficient (Wildman–Crippen LogP) is 1.85. The first-order valence-corrected chi connectivity index (χ1v) is 5.29. The van der Waals surface area contributed by atoms with E-state index >= 15 is 0 Å². The minimum atomic E-state index is -1.84. The van der Waals surface area contributed by atoms with E-state index < -0.39 is 57.7 Å². The standard InChI is InChI=1S/C12H7F3O5/c1-3-4(2-5(16)17)12(19)20-11-6(3)7(13)8(14)10(18)9(11)15/h18H,2H2,1H3,(H,16,17). The monoisotopic (exact) mass is 288 g/mol. The molecule has 0 aliphatic carbocycles. The van der Waals surface area contributed by atoms with Crippen molar-refractivity contribution in [3.05, 3.63) is 39.0 Å². The topological polar surface area (TPSA) is 87.7 Å². The predicted molar refractivity (Wildman–Crippen MR) is 60.1 cm³/mol. The molecule has 106 valence electrons. The number of hydrogen-bond acceptors (Lipinski definition) is 4. The number of hydrogen-bond donors (Lipinski definition) is 2. The molecule has 0 radical (unpaired) electrons. The van der Waals surface area contributed by atoms with Crippen LogP contribution in [0.1, 0.15) is 11.1 Å². The highest BCUT2D eigenvalue weighted by molar-refractivity contribution is 5.85. The number of aryl methyl sites for hydroxylation is 1. The smallest absolute Gasteiger partial charge is 0.340 e. The van der Waals surface area contributed by atoms with Crippen molar-refractivity contribution >= 4 is 16.9 Å². The van der Waals surface area contributed by atoms with E-state index in [2.05, 4.69) is 4.42 Å². The molecular formula is C12H7F3O5. The molecule has 1 aromatic heterocycles. The molecule has 2 N–H and O–H groups in total. The summed E-state index contributed by atoms with van der Waals surface area (Å²) < 4.78 is 45.1. The molecule has 0 atom stereocenters. The van der Waals surface area contributed by atoms with Gasteiger partial charge in [0.15, 0.2) is 17.1 Å². The third-order valence-electron chi connectivity index (χ3n) is 2.85. The summed E-state index contributed by atoms with van der Waals surface area (Å²) in [5.74, 6) is -8.08. The van der Waals surface area contributed by atoms with Crippen LogP contribution in [0, 0.1) is 24.4 Å². The maximum absolute atomic E-state index is 13.7. The zero-order valence-electron chi connectivity index (χ0n) is 9.96. The van der Waals surface area contributed by atoms with E-state index in [0.29, 0.717) is 0 Å². The van der Waals surface area contributed by atoms with Crippen LogP contribution >= 0.6 is 0 Å². The van der Waals surface area contributed by atoms with Crippen molar-refractivity contribution in [1.29, 1.82) is 0 Å². The van der Waals surface area contributed by atoms with Crippen LogP contribution in [-0.2, 0) is 11.2 Å². The molecule has 8 heteroatoms. The molecule has 2 aromatic rings. The van der Waals surface area contributed by atoms with Crippen LogP contribution in [0.5, 0.6) is 5.75 Å². The molecule has 0 amide bonds. The number of rotatable bonds is 2. The van der Waals surface area contributed by atoms with Crippen molar-refractivity contribution in [3.63, 3.8) is 0 Å². The second-order valence-electron chi connectivity index (χ2n) is 4.06. The number of carbonyl (C=O) groups is 1. The van der Waals surface area contributed by atoms with E-state index in [4.69, 9.17) is 10.2 Å². The molecule has 0 spiro atoms. The summed E-state index contributed by atoms with van der Waals surface area (Å²) in [6, 6.07) is 0. The summed E-state index contributed by atoms with van der Waals surface area (Å²) in [4.78, 5) is 22.2. The van der Waals surface area contributed by atoms with Crippen LogP contribution in [0.4, 0.5) is 13.2 Å². The zero-order chi connectivity index (χ0) is 15.2. The van der Waals surface area contributed by atoms with Crippen molar-refractivity contribution in [3.8, 4) is 5.75 Å². The van der Waals surface area contributed by atoms with Gasteiger partial charge in [-0.1, -0.05) is 0 Å². The minimum Gasteiger partial charge on any atom is -0.503 e. The Morgan fingerprint density at radius 2 is 1.80 bits per heavy atom. The van der Waals surface area contributed by atoms with Gasteiger partial charge in [0.1, 0.15) is 0 Å². The van der Waals surface area contributed by atoms with Crippen LogP contribution in [0.2, 0.25) is 0 Å². The Kier molecular flexibility index (Phi) is 3.16. The molecule has 0 unspecified atom stereocenters. The quantitative estimate of drug-likeness (QED) is 0.650. The average Bonchev–Trinajstić information content (AvgIpc) is 2.38. The van der Waals surface area contributed by atoms with Gasteiger partial charge >= 0.3 is 11.6 Å². The number of fused-ring (bicyclic) bond motifs is 1. The highest BCUT2D eigenvalue weighted by atomic mass is 19.2. The third-order valence-corrected chi connectivity index (χ3v) is 2.85. The lowest BCUT2D eigenvalue weighted by Crippen LogP contribution is -2.16. The molecule has 5 nitrogen and oxygen atoms in total. The van der Waals surface area contributed by atoms with Gasteiger partial charge in [-0.05, 0) is 12.5 Å². The second kappa shape index (κ2) is 4.55. The molecule has 1 heterocycles. The number of phenolic OH excluding ortho intramolecular Hbond substituents is 1. The molecule has 0 bridgehead atoms. The average molecular weight is 288 g/mol. The van der Waals surface area contributed by atoms with Crippen molar-refractivity contribution in [2.75, 3.05) is 0 Å². The summed E-state index contributed by atoms with van der Waals surface area (Å²) in [7, 11) is 0. The van der Waals surface area contributed by atoms with Crippen LogP contribution in [-0.4, -0.2) is 16.2 Å². The number of halogens is 3. The van der Waals surface area contributed by atoms with Crippen LogP contribution < -0.4 is 5.63 Å². The van der Waals surface area contributed by atoms with Gasteiger partial charge in [-0.15, -0.1) is 0 Å². The van der Waals surface area contributed by atoms with Gasteiger partial charge in [0.05, 0.1) is 17.4 Å². The number of carboxylic acids is 1. The zero-order valence-corrected chi connectivity index (χ0v) is 9.96. The normalized spacial score (nSPS) is 11.0. The Morgan fingerprint density at radius 1 is 1.20 bits per heavy atom. The van der Waals surface area contributed by atoms with Crippen LogP contribution in [0.3, 0.4) is 0 Å². The molecule has 1 aromatic carbocycles. The Bertz CT molecular complexity index is 794. The first kappa shape index (κ1) is 13.9. The summed E-state index contributed by atoms with van der Waals surface area (Å²) in [5, 5.41) is 17.0. The van der Waals surface area contributed by atoms with E-state index in [1.54, 1.807) is 0 Å². The van der Waals surface area contributed by atoms with Crippen molar-refractivity contribution in [1.82, 2.24) is 0 Å². The lowest BCUT2D eigenvalue weighted by atomic mass is 10.0. The summed E-state index contributed by atoms with van der Waals surface area (Å²) in [6.07, 6.45) is -0.784. The van der Waals surface area contributed by atoms with Gasteiger partial charge in [-0.3, -0.25) is 4.79 Å². The maximum atomic E-state index is 13.7. The van der Waals surface area contributed by atoms with Crippen LogP contribution in [0.15, 0.2) is 9.21 Å². The van der Waals surface area contributed by atoms with Crippen LogP contribution in [0.25, 0.3) is 11.0 Å². The molecule has 20 heavy (non-hydrogen) atoms. The molecule has 0 saturated heterocycles. The molecule has 0 aliphatic rings. The fourth-order valence-corrected chi connectivity index (χ4v) is 1.87. The highest BCUT2D eigenvalue weighted by Gasteiger charge is 2.26. The van der Waals surface area contributed by atoms with Gasteiger partial charge in [0, 0.05) is 0 Å². The number of phenols is 1. The minimum absolute atomic E-state index is 0.256. The summed E-state index contributed by atoms with van der Waals surface area (Å²) in [5.41, 5.74) is -2.83. The SMILES string of the molecule is Cc1c(CC(=O)O)c(=O)oc2c(F)c(O)c(F)c(F)c12. The van der Waals surface area contributed by atoms with Crippen molar-refractivity contribution < 1.29 is 32.6 Å². The van der Waals surface area contributed by atoms with E-state index in [0.717, 1.165) is 6.92 Å². The van der Waals surface area contributed by atoms with Gasteiger partial charge in [-0.2, -0.15) is 8.78 Å². The Labute approximate surface area is 108 Å². The van der Waals surface area contributed by atoms with Gasteiger partial charge in [0.25, 0.3) is 0 Å². The van der Waals surface area contributed by atoms with Gasteiger partial charge < -0.3 is 14.6 Å². The number of carboxylic acid groups (broad SMARTS) is 1. The molecule has 0 saturated carbocycles. The highest BCUT2D eigenvalue weighted by Crippen LogP contribution is 2.33. The second-order valence-corrected chi connectivity index (χ2v) is 4.06. The Hall–Kier alpha value is -2.51. The first-order valence-electron chi connectivity index (χ1n) is 5.29. The van der Waals surface area contributed by atoms with Gasteiger partial charge in [0.2, 0.25) is 11.6 Å². The fourth-order valence-electron chi connectivity index (χ4n) is 1.87. The van der Waals surface area contributed by atoms with E-state index in [1.165, 1.54) is 0 Å². The Balaban J connectivity index is 2.99. The number of benzene rings is 1. The van der Waals surface area contributed by atoms with E-state index in [-0.39, 0.29) is 5.56 Å². The van der Waals surface area contributed by atoms with E-state index in [1.807, 2.05) is 0 Å². The molecule has 0 fully saturated rings. The van der Waals surface area contributed by atoms with Gasteiger partial charge in [-0.25, -0.2) is 9.18 Å². The largest absolute Gasteiger partial charge is 0.503 e. The third kappa shape index (κ3) is 1.89.